The fourth-order valence-electron chi connectivity index (χ4n) is 7.74. The summed E-state index contributed by atoms with van der Waals surface area (Å²) >= 11 is 0. The largest absolute Gasteiger partial charge is 0.481 e. The van der Waals surface area contributed by atoms with E-state index in [4.69, 9.17) is 29.0 Å². The number of nitrogens with zero attached hydrogens (tertiary/aromatic N) is 2. The Morgan fingerprint density at radius 3 is 2.24 bits per heavy atom. The van der Waals surface area contributed by atoms with Crippen LogP contribution in [-0.4, -0.2) is 103 Å². The van der Waals surface area contributed by atoms with Gasteiger partial charge in [-0.05, 0) is 69.9 Å². The van der Waals surface area contributed by atoms with E-state index < -0.39 is 107 Å². The molecular formula is C50H79N3O17P2. The highest BCUT2D eigenvalue weighted by Gasteiger charge is 2.42. The summed E-state index contributed by atoms with van der Waals surface area (Å²) in [5.41, 5.74) is 4.83. The number of esters is 2. The van der Waals surface area contributed by atoms with Crippen molar-refractivity contribution in [3.63, 3.8) is 0 Å². The summed E-state index contributed by atoms with van der Waals surface area (Å²) in [4.78, 5) is 77.9. The van der Waals surface area contributed by atoms with Gasteiger partial charge in [0.25, 0.3) is 0 Å². The van der Waals surface area contributed by atoms with Gasteiger partial charge in [0.2, 0.25) is 0 Å². The zero-order valence-electron chi connectivity index (χ0n) is 41.8. The smallest absolute Gasteiger partial charge is 0.462 e. The molecule has 22 heteroatoms. The monoisotopic (exact) mass is 1060 g/mol. The number of unbranched alkanes of at least 4 members (excludes halogenated alkanes) is 11. The first-order chi connectivity index (χ1) is 34.4. The maximum absolute atomic E-state index is 13.8. The lowest BCUT2D eigenvalue weighted by molar-refractivity contribution is -0.167. The Morgan fingerprint density at radius 2 is 1.54 bits per heavy atom. The average Bonchev–Trinajstić information content (AvgIpc) is 3.32. The van der Waals surface area contributed by atoms with Crippen molar-refractivity contribution in [3.05, 3.63) is 83.5 Å². The van der Waals surface area contributed by atoms with Gasteiger partial charge < -0.3 is 45.1 Å². The number of aromatic nitrogens is 2. The van der Waals surface area contributed by atoms with E-state index in [1.165, 1.54) is 56.2 Å². The quantitative estimate of drug-likeness (QED) is 0.0211. The van der Waals surface area contributed by atoms with Crippen molar-refractivity contribution in [2.24, 2.45) is 11.8 Å². The molecule has 3 heterocycles. The number of nitrogen functional groups attached to an aromatic ring is 1. The van der Waals surface area contributed by atoms with Gasteiger partial charge in [-0.1, -0.05) is 126 Å². The minimum atomic E-state index is -5.68. The van der Waals surface area contributed by atoms with Gasteiger partial charge in [0.05, 0.1) is 31.3 Å². The summed E-state index contributed by atoms with van der Waals surface area (Å²) in [5, 5.41) is 33.8. The molecule has 0 saturated heterocycles. The molecule has 3 rings (SSSR count). The van der Waals surface area contributed by atoms with Crippen molar-refractivity contribution in [1.29, 1.82) is 0 Å². The normalized spacial score (nSPS) is 29.2. The van der Waals surface area contributed by atoms with Gasteiger partial charge in [-0.15, -0.1) is 0 Å². The van der Waals surface area contributed by atoms with E-state index >= 15 is 0 Å². The summed E-state index contributed by atoms with van der Waals surface area (Å²) in [6, 6.07) is 1.28. The van der Waals surface area contributed by atoms with Crippen molar-refractivity contribution >= 4 is 39.2 Å². The molecule has 2 unspecified atom stereocenters. The van der Waals surface area contributed by atoms with Crippen molar-refractivity contribution < 1.29 is 76.2 Å². The summed E-state index contributed by atoms with van der Waals surface area (Å²) in [5.74, 6) is -4.71. The first kappa shape index (κ1) is 62.4. The molecule has 0 aliphatic carbocycles. The third-order valence-corrected chi connectivity index (χ3v) is 14.4. The molecule has 1 aromatic rings. The maximum Gasteiger partial charge on any atom is 0.481 e. The number of ketones is 1. The lowest BCUT2D eigenvalue weighted by atomic mass is 9.88. The van der Waals surface area contributed by atoms with Crippen molar-refractivity contribution in [3.8, 4) is 0 Å². The van der Waals surface area contributed by atoms with Gasteiger partial charge in [0.1, 0.15) is 30.9 Å². The second-order valence-electron chi connectivity index (χ2n) is 18.0. The summed E-state index contributed by atoms with van der Waals surface area (Å²) in [6.45, 7) is 1.51. The Hall–Kier alpha value is -3.91. The first-order valence-corrected chi connectivity index (χ1v) is 28.4. The van der Waals surface area contributed by atoms with Crippen LogP contribution < -0.4 is 11.4 Å². The summed E-state index contributed by atoms with van der Waals surface area (Å²) < 4.78 is 59.1. The number of phosphoric ester groups is 2. The third-order valence-electron chi connectivity index (χ3n) is 11.8. The number of carbonyl (C=O) groups is 3. The average molecular weight is 1060 g/mol. The van der Waals surface area contributed by atoms with Crippen molar-refractivity contribution in [2.75, 3.05) is 25.6 Å². The second kappa shape index (κ2) is 34.6. The third kappa shape index (κ3) is 25.4. The molecule has 10 atom stereocenters. The number of carbonyl (C=O) groups excluding carboxylic acids is 3. The molecule has 20 nitrogen and oxygen atoms in total. The Labute approximate surface area is 423 Å². The Balaban J connectivity index is 1.80. The van der Waals surface area contributed by atoms with Gasteiger partial charge >= 0.3 is 33.3 Å². The molecule has 0 amide bonds. The van der Waals surface area contributed by atoms with Crippen LogP contribution in [0.5, 0.6) is 0 Å². The zero-order chi connectivity index (χ0) is 52.8. The number of allylic oxidation sites excluding steroid dienone is 7. The van der Waals surface area contributed by atoms with Crippen LogP contribution in [-0.2, 0) is 51.1 Å². The highest BCUT2D eigenvalue weighted by Crippen LogP contribution is 2.60. The van der Waals surface area contributed by atoms with Gasteiger partial charge in [-0.2, -0.15) is 9.29 Å². The van der Waals surface area contributed by atoms with E-state index in [1.807, 2.05) is 6.92 Å². The number of ether oxygens (including phenoxy) is 3. The Bertz CT molecular complexity index is 2090. The number of anilines is 1. The maximum atomic E-state index is 13.8. The molecule has 406 valence electrons. The van der Waals surface area contributed by atoms with E-state index in [0.29, 0.717) is 25.7 Å². The standard InChI is InChI=1S/C50H79N3O17P2/c1-3-5-7-8-9-10-11-12-13-14-15-16-17-18-24-28-46(57)68-40-35-65-45(56)27-23-20-19-22-25-38-29-32-42(55)41(31-30-39(54)26-21-6-4-2)47(58)48(59)43(37-67-72(63,64)70-71(61,62)66-36-40)69-49(38)53-34-33-44(51)52-50(53)60/h10-13,19,22,29-34,38-41,43,47-49,54,58-59H,3-9,14-18,20-21,23-28,35-37H2,1-2H3,(H,61,62)(H,63,64)(H2,51,52,60)/b11-10-,13-12-,22-19-,31-30+,32-29-/t38-,39-,40+,41-,43+,47-,48+,49+/m0/s1. The van der Waals surface area contributed by atoms with E-state index in [9.17, 15) is 53.4 Å². The number of rotatable bonds is 22. The molecular weight excluding hydrogens is 977 g/mol. The molecule has 0 radical (unpaired) electrons. The number of cyclic esters (lactones) is 1. The second-order valence-corrected chi connectivity index (χ2v) is 21.0. The molecule has 1 aromatic heterocycles. The van der Waals surface area contributed by atoms with Crippen LogP contribution in [0.3, 0.4) is 0 Å². The van der Waals surface area contributed by atoms with Crippen LogP contribution >= 0.6 is 15.6 Å². The lowest BCUT2D eigenvalue weighted by Gasteiger charge is -2.36. The number of aliphatic hydroxyl groups is 3. The molecule has 2 bridgehead atoms. The zero-order valence-corrected chi connectivity index (χ0v) is 43.6. The van der Waals surface area contributed by atoms with Crippen molar-refractivity contribution in [1.82, 2.24) is 9.55 Å². The number of hydrogen-bond donors (Lipinski definition) is 6. The summed E-state index contributed by atoms with van der Waals surface area (Å²) in [7, 11) is -11.3. The van der Waals surface area contributed by atoms with E-state index in [1.54, 1.807) is 12.2 Å². The van der Waals surface area contributed by atoms with Gasteiger partial charge in [0.15, 0.2) is 11.9 Å². The topological polar surface area (TPSA) is 303 Å². The molecule has 0 spiro atoms. The van der Waals surface area contributed by atoms with Crippen LogP contribution in [0.4, 0.5) is 5.82 Å². The molecule has 0 fully saturated rings. The van der Waals surface area contributed by atoms with Gasteiger partial charge in [-0.25, -0.2) is 13.9 Å². The predicted molar refractivity (Wildman–Crippen MR) is 270 cm³/mol. The highest BCUT2D eigenvalue weighted by atomic mass is 31.3. The summed E-state index contributed by atoms with van der Waals surface area (Å²) in [6.07, 6.45) is 22.7. The Kier molecular flexibility index (Phi) is 29.9. The molecule has 2 aliphatic heterocycles. The molecule has 7 N–H and O–H groups in total. The predicted octanol–water partition coefficient (Wildman–Crippen LogP) is 7.95. The molecule has 0 aromatic carbocycles. The van der Waals surface area contributed by atoms with Gasteiger partial charge in [0, 0.05) is 25.0 Å². The van der Waals surface area contributed by atoms with Crippen LogP contribution in [0.1, 0.15) is 148 Å². The van der Waals surface area contributed by atoms with Crippen LogP contribution in [0.25, 0.3) is 0 Å². The fraction of sp³-hybridized carbons (Fsp3) is 0.660. The van der Waals surface area contributed by atoms with Crippen LogP contribution in [0, 0.1) is 11.8 Å². The van der Waals surface area contributed by atoms with Crippen LogP contribution in [0.2, 0.25) is 0 Å². The highest BCUT2D eigenvalue weighted by molar-refractivity contribution is 7.61. The number of hydrogen-bond acceptors (Lipinski definition) is 17. The van der Waals surface area contributed by atoms with E-state index in [2.05, 4.69) is 40.5 Å². The lowest BCUT2D eigenvalue weighted by Crippen LogP contribution is -2.49. The minimum Gasteiger partial charge on any atom is -0.462 e. The SMILES string of the molecule is CCCCCC/C=C\C=C/CCCCCCCC(=O)O[C@@H]1COC(=O)CCC/C=C\C[C@H]2/C=C\C(=O)[C@H](/C=C/[C@@H](O)CCCCC)[C@H](O)[C@H](O)[C@@H](COP(=O)(O)OP(=O)(O)OC1)O[C@H]2n1ccc(N)nc1=O. The number of fused-ring (bicyclic) bond motifs is 3. The number of phosphoric acid groups is 2. The molecule has 2 aliphatic rings. The number of aliphatic hydroxyl groups excluding tert-OH is 3. The number of nitrogens with two attached hydrogens (primary N) is 1. The first-order valence-electron chi connectivity index (χ1n) is 25.4. The Morgan fingerprint density at radius 1 is 0.889 bits per heavy atom. The van der Waals surface area contributed by atoms with Crippen LogP contribution in [0.15, 0.2) is 77.8 Å². The van der Waals surface area contributed by atoms with Crippen molar-refractivity contribution in [2.45, 2.75) is 179 Å². The van der Waals surface area contributed by atoms with Gasteiger partial charge in [-0.3, -0.25) is 28.0 Å². The fourth-order valence-corrected chi connectivity index (χ4v) is 9.85. The van der Waals surface area contributed by atoms with E-state index in [-0.39, 0.29) is 31.5 Å². The minimum absolute atomic E-state index is 0.0103. The molecule has 72 heavy (non-hydrogen) atoms. The van der Waals surface area contributed by atoms with E-state index in [0.717, 1.165) is 62.0 Å². The molecule has 0 saturated carbocycles.